The first kappa shape index (κ1) is 23.9. The average Bonchev–Trinajstić information content (AvgIpc) is 3.33. The van der Waals surface area contributed by atoms with Crippen molar-refractivity contribution in [1.82, 2.24) is 14.5 Å². The molecular weight excluding hydrogens is 441 g/mol. The van der Waals surface area contributed by atoms with Crippen molar-refractivity contribution in [3.63, 3.8) is 0 Å². The summed E-state index contributed by atoms with van der Waals surface area (Å²) in [5, 5.41) is 3.01. The van der Waals surface area contributed by atoms with E-state index in [2.05, 4.69) is 34.5 Å². The fraction of sp³-hybridized carbons (Fsp3) is 0.480. The quantitative estimate of drug-likeness (QED) is 0.639. The number of halogens is 1. The Balaban J connectivity index is 1.21. The number of nitrogens with one attached hydrogen (secondary N) is 1. The number of carbonyl (C=O) groups excluding carboxylic acids is 1. The molecule has 1 amide bonds. The van der Waals surface area contributed by atoms with Crippen LogP contribution in [0.25, 0.3) is 0 Å². The van der Waals surface area contributed by atoms with E-state index >= 15 is 0 Å². The maximum Gasteiger partial charge on any atom is 0.223 e. The standard InChI is InChI=1S/C25H32FN3O3S/c26-24-9-7-22(8-10-24)19-33(31,32)29-15-11-23(12-16-29)25(30)27-17-20-3-5-21(6-4-20)18-28-13-1-2-14-28/h3-10,23H,1-2,11-19H2,(H,27,30). The van der Waals surface area contributed by atoms with Gasteiger partial charge >= 0.3 is 0 Å². The van der Waals surface area contributed by atoms with Gasteiger partial charge in [0.15, 0.2) is 0 Å². The number of sulfonamides is 1. The maximum atomic E-state index is 13.1. The van der Waals surface area contributed by atoms with Crippen LogP contribution in [0.3, 0.4) is 0 Å². The summed E-state index contributed by atoms with van der Waals surface area (Å²) in [6.07, 6.45) is 3.57. The number of nitrogens with zero attached hydrogens (tertiary/aromatic N) is 2. The fourth-order valence-corrected chi connectivity index (χ4v) is 6.14. The molecule has 0 bridgehead atoms. The van der Waals surface area contributed by atoms with Crippen molar-refractivity contribution in [3.8, 4) is 0 Å². The molecule has 33 heavy (non-hydrogen) atoms. The summed E-state index contributed by atoms with van der Waals surface area (Å²) in [5.74, 6) is -0.748. The van der Waals surface area contributed by atoms with E-state index in [1.165, 1.54) is 60.1 Å². The van der Waals surface area contributed by atoms with Crippen molar-refractivity contribution in [2.24, 2.45) is 5.92 Å². The number of rotatable bonds is 8. The lowest BCUT2D eigenvalue weighted by molar-refractivity contribution is -0.126. The molecule has 2 aromatic rings. The van der Waals surface area contributed by atoms with E-state index in [1.807, 2.05) is 0 Å². The number of amides is 1. The Hall–Kier alpha value is -2.29. The molecule has 0 saturated carbocycles. The second-order valence-electron chi connectivity index (χ2n) is 9.07. The molecule has 0 radical (unpaired) electrons. The molecule has 8 heteroatoms. The molecule has 4 rings (SSSR count). The Morgan fingerprint density at radius 2 is 1.45 bits per heavy atom. The molecule has 0 unspecified atom stereocenters. The van der Waals surface area contributed by atoms with Crippen LogP contribution in [0.1, 0.15) is 42.4 Å². The van der Waals surface area contributed by atoms with Crippen molar-refractivity contribution in [1.29, 1.82) is 0 Å². The Morgan fingerprint density at radius 1 is 0.879 bits per heavy atom. The van der Waals surface area contributed by atoms with E-state index in [9.17, 15) is 17.6 Å². The number of hydrogen-bond donors (Lipinski definition) is 1. The minimum atomic E-state index is -3.49. The molecule has 2 saturated heterocycles. The first-order valence-corrected chi connectivity index (χ1v) is 13.3. The highest BCUT2D eigenvalue weighted by atomic mass is 32.2. The van der Waals surface area contributed by atoms with Gasteiger partial charge in [-0.05, 0) is 67.6 Å². The number of piperidine rings is 1. The van der Waals surface area contributed by atoms with Gasteiger partial charge in [-0.25, -0.2) is 17.1 Å². The smallest absolute Gasteiger partial charge is 0.223 e. The Labute approximate surface area is 195 Å². The SMILES string of the molecule is O=C(NCc1ccc(CN2CCCC2)cc1)C1CCN(S(=O)(=O)Cc2ccc(F)cc2)CC1. The third kappa shape index (κ3) is 6.62. The van der Waals surface area contributed by atoms with Gasteiger partial charge in [0.25, 0.3) is 0 Å². The molecule has 0 spiro atoms. The van der Waals surface area contributed by atoms with Crippen LogP contribution in [0.5, 0.6) is 0 Å². The van der Waals surface area contributed by atoms with Gasteiger partial charge in [0.1, 0.15) is 5.82 Å². The van der Waals surface area contributed by atoms with Gasteiger partial charge < -0.3 is 5.32 Å². The summed E-state index contributed by atoms with van der Waals surface area (Å²) in [5.41, 5.74) is 2.91. The molecule has 6 nitrogen and oxygen atoms in total. The minimum Gasteiger partial charge on any atom is -0.352 e. The third-order valence-corrected chi connectivity index (χ3v) is 8.43. The zero-order valence-electron chi connectivity index (χ0n) is 18.9. The molecule has 2 aromatic carbocycles. The monoisotopic (exact) mass is 473 g/mol. The summed E-state index contributed by atoms with van der Waals surface area (Å²) >= 11 is 0. The summed E-state index contributed by atoms with van der Waals surface area (Å²) in [7, 11) is -3.49. The Bertz CT molecular complexity index is 1030. The molecule has 2 aliphatic rings. The van der Waals surface area contributed by atoms with Crippen molar-refractivity contribution in [3.05, 3.63) is 71.0 Å². The molecule has 1 N–H and O–H groups in total. The Kier molecular flexibility index (Phi) is 7.78. The van der Waals surface area contributed by atoms with E-state index in [4.69, 9.17) is 0 Å². The molecular formula is C25H32FN3O3S. The fourth-order valence-electron chi connectivity index (χ4n) is 4.57. The van der Waals surface area contributed by atoms with Gasteiger partial charge in [-0.3, -0.25) is 9.69 Å². The molecule has 2 aliphatic heterocycles. The number of likely N-dealkylation sites (tertiary alicyclic amines) is 1. The highest BCUT2D eigenvalue weighted by Gasteiger charge is 2.31. The zero-order chi connectivity index (χ0) is 23.3. The van der Waals surface area contributed by atoms with E-state index in [1.54, 1.807) is 0 Å². The van der Waals surface area contributed by atoms with Crippen LogP contribution < -0.4 is 5.32 Å². The minimum absolute atomic E-state index is 0.0216. The van der Waals surface area contributed by atoms with Crippen molar-refractivity contribution < 1.29 is 17.6 Å². The van der Waals surface area contributed by atoms with Crippen molar-refractivity contribution >= 4 is 15.9 Å². The van der Waals surface area contributed by atoms with E-state index < -0.39 is 10.0 Å². The molecule has 2 fully saturated rings. The Morgan fingerprint density at radius 3 is 2.09 bits per heavy atom. The first-order valence-electron chi connectivity index (χ1n) is 11.7. The third-order valence-electron chi connectivity index (χ3n) is 6.58. The first-order chi connectivity index (χ1) is 15.9. The van der Waals surface area contributed by atoms with Crippen LogP contribution in [0.15, 0.2) is 48.5 Å². The highest BCUT2D eigenvalue weighted by Crippen LogP contribution is 2.22. The van der Waals surface area contributed by atoms with Crippen LogP contribution in [-0.4, -0.2) is 49.7 Å². The molecule has 0 atom stereocenters. The van der Waals surface area contributed by atoms with Gasteiger partial charge in [-0.1, -0.05) is 36.4 Å². The van der Waals surface area contributed by atoms with Gasteiger partial charge in [0.2, 0.25) is 15.9 Å². The molecule has 178 valence electrons. The maximum absolute atomic E-state index is 13.1. The summed E-state index contributed by atoms with van der Waals surface area (Å²) in [4.78, 5) is 15.1. The summed E-state index contributed by atoms with van der Waals surface area (Å²) < 4.78 is 39.9. The van der Waals surface area contributed by atoms with E-state index in [-0.39, 0.29) is 23.4 Å². The van der Waals surface area contributed by atoms with Crippen molar-refractivity contribution in [2.45, 2.75) is 44.5 Å². The largest absolute Gasteiger partial charge is 0.352 e. The zero-order valence-corrected chi connectivity index (χ0v) is 19.7. The average molecular weight is 474 g/mol. The number of benzene rings is 2. The lowest BCUT2D eigenvalue weighted by atomic mass is 9.97. The van der Waals surface area contributed by atoms with Gasteiger partial charge in [0, 0.05) is 32.1 Å². The van der Waals surface area contributed by atoms with E-state index in [0.717, 1.165) is 12.1 Å². The number of hydrogen-bond acceptors (Lipinski definition) is 4. The van der Waals surface area contributed by atoms with Crippen LogP contribution in [-0.2, 0) is 33.7 Å². The van der Waals surface area contributed by atoms with Gasteiger partial charge in [-0.15, -0.1) is 0 Å². The number of carbonyl (C=O) groups is 1. The molecule has 0 aromatic heterocycles. The van der Waals surface area contributed by atoms with Gasteiger partial charge in [0.05, 0.1) is 5.75 Å². The van der Waals surface area contributed by atoms with Crippen LogP contribution in [0.2, 0.25) is 0 Å². The van der Waals surface area contributed by atoms with Crippen molar-refractivity contribution in [2.75, 3.05) is 26.2 Å². The van der Waals surface area contributed by atoms with Crippen LogP contribution in [0, 0.1) is 11.7 Å². The van der Waals surface area contributed by atoms with E-state index in [0.29, 0.717) is 38.0 Å². The van der Waals surface area contributed by atoms with Gasteiger partial charge in [-0.2, -0.15) is 0 Å². The van der Waals surface area contributed by atoms with Crippen LogP contribution in [0.4, 0.5) is 4.39 Å². The predicted molar refractivity (Wildman–Crippen MR) is 126 cm³/mol. The molecule has 2 heterocycles. The summed E-state index contributed by atoms with van der Waals surface area (Å²) in [6.45, 7) is 4.45. The lowest BCUT2D eigenvalue weighted by Crippen LogP contribution is -2.43. The predicted octanol–water partition coefficient (Wildman–Crippen LogP) is 3.28. The van der Waals surface area contributed by atoms with Crippen LogP contribution >= 0.6 is 0 Å². The second-order valence-corrected chi connectivity index (χ2v) is 11.0. The lowest BCUT2D eigenvalue weighted by Gasteiger charge is -2.30. The normalized spacial score (nSPS) is 18.5. The second kappa shape index (κ2) is 10.8. The molecule has 0 aliphatic carbocycles. The highest BCUT2D eigenvalue weighted by molar-refractivity contribution is 7.88. The summed E-state index contributed by atoms with van der Waals surface area (Å²) in [6, 6.07) is 13.9. The topological polar surface area (TPSA) is 69.7 Å².